The van der Waals surface area contributed by atoms with E-state index in [9.17, 15) is 5.11 Å². The first-order valence-corrected chi connectivity index (χ1v) is 6.75. The Balaban J connectivity index is 1.79. The van der Waals surface area contributed by atoms with Gasteiger partial charge in [-0.25, -0.2) is 0 Å². The fraction of sp³-hybridized carbons (Fsp3) is 0.600. The summed E-state index contributed by atoms with van der Waals surface area (Å²) < 4.78 is 0. The molecule has 2 atom stereocenters. The monoisotopic (exact) mass is 231 g/mol. The number of aliphatic hydroxyl groups is 1. The summed E-state index contributed by atoms with van der Waals surface area (Å²) in [7, 11) is 0. The molecule has 2 nitrogen and oxygen atoms in total. The van der Waals surface area contributed by atoms with Crippen LogP contribution in [0.15, 0.2) is 24.3 Å². The number of para-hydroxylation sites is 1. The Bertz CT molecular complexity index is 400. The lowest BCUT2D eigenvalue weighted by atomic mass is 9.93. The van der Waals surface area contributed by atoms with E-state index < -0.39 is 0 Å². The standard InChI is InChI=1S/C15H21NO/c1-11-8-13-4-2-3-5-14(13)16(9-11)10-15(17)12-6-7-12/h2-5,11-12,15,17H,6-10H2,1H3. The van der Waals surface area contributed by atoms with Crippen molar-refractivity contribution in [1.29, 1.82) is 0 Å². The smallest absolute Gasteiger partial charge is 0.0743 e. The SMILES string of the molecule is CC1Cc2ccccc2N(CC(O)C2CC2)C1. The second kappa shape index (κ2) is 4.34. The van der Waals surface area contributed by atoms with E-state index in [1.54, 1.807) is 0 Å². The fourth-order valence-corrected chi connectivity index (χ4v) is 2.94. The number of nitrogens with zero attached hydrogens (tertiary/aromatic N) is 1. The third-order valence-electron chi connectivity index (χ3n) is 4.01. The van der Waals surface area contributed by atoms with Gasteiger partial charge in [0.1, 0.15) is 0 Å². The van der Waals surface area contributed by atoms with Gasteiger partial charge in [0.05, 0.1) is 6.10 Å². The van der Waals surface area contributed by atoms with Crippen molar-refractivity contribution >= 4 is 5.69 Å². The molecule has 2 unspecified atom stereocenters. The van der Waals surface area contributed by atoms with Crippen molar-refractivity contribution in [3.05, 3.63) is 29.8 Å². The highest BCUT2D eigenvalue weighted by atomic mass is 16.3. The van der Waals surface area contributed by atoms with E-state index in [0.717, 1.165) is 13.1 Å². The molecule has 0 radical (unpaired) electrons. The molecule has 1 saturated carbocycles. The van der Waals surface area contributed by atoms with Crippen LogP contribution in [0, 0.1) is 11.8 Å². The summed E-state index contributed by atoms with van der Waals surface area (Å²) in [5.41, 5.74) is 2.78. The van der Waals surface area contributed by atoms with Gasteiger partial charge >= 0.3 is 0 Å². The molecule has 0 spiro atoms. The molecule has 0 aromatic heterocycles. The zero-order valence-corrected chi connectivity index (χ0v) is 10.5. The number of β-amino-alcohol motifs (C(OH)–C–C–N with tert-alkyl or cyclic N) is 1. The number of aliphatic hydroxyl groups excluding tert-OH is 1. The second-order valence-electron chi connectivity index (χ2n) is 5.75. The van der Waals surface area contributed by atoms with Crippen LogP contribution < -0.4 is 4.90 Å². The maximum atomic E-state index is 10.1. The molecule has 1 fully saturated rings. The predicted molar refractivity (Wildman–Crippen MR) is 70.3 cm³/mol. The van der Waals surface area contributed by atoms with Crippen LogP contribution in [0.5, 0.6) is 0 Å². The Hall–Kier alpha value is -1.02. The van der Waals surface area contributed by atoms with Crippen molar-refractivity contribution in [3.63, 3.8) is 0 Å². The molecular weight excluding hydrogens is 210 g/mol. The first-order valence-electron chi connectivity index (χ1n) is 6.75. The van der Waals surface area contributed by atoms with E-state index in [0.29, 0.717) is 11.8 Å². The van der Waals surface area contributed by atoms with E-state index in [2.05, 4.69) is 36.1 Å². The van der Waals surface area contributed by atoms with Crippen LogP contribution in [0.2, 0.25) is 0 Å². The first-order chi connectivity index (χ1) is 8.24. The Morgan fingerprint density at radius 2 is 2.12 bits per heavy atom. The predicted octanol–water partition coefficient (Wildman–Crippen LogP) is 2.46. The van der Waals surface area contributed by atoms with E-state index >= 15 is 0 Å². The van der Waals surface area contributed by atoms with Crippen molar-refractivity contribution in [1.82, 2.24) is 0 Å². The second-order valence-corrected chi connectivity index (χ2v) is 5.75. The van der Waals surface area contributed by atoms with Gasteiger partial charge in [0.25, 0.3) is 0 Å². The molecule has 0 bridgehead atoms. The molecule has 1 heterocycles. The van der Waals surface area contributed by atoms with E-state index in [1.807, 2.05) is 0 Å². The van der Waals surface area contributed by atoms with Crippen molar-refractivity contribution < 1.29 is 5.11 Å². The first kappa shape index (κ1) is 11.1. The Labute approximate surface area is 103 Å². The van der Waals surface area contributed by atoms with Gasteiger partial charge in [-0.05, 0) is 42.7 Å². The molecule has 3 rings (SSSR count). The van der Waals surface area contributed by atoms with Crippen LogP contribution in [-0.4, -0.2) is 24.3 Å². The van der Waals surface area contributed by atoms with E-state index in [4.69, 9.17) is 0 Å². The third kappa shape index (κ3) is 2.32. The Morgan fingerprint density at radius 1 is 1.35 bits per heavy atom. The lowest BCUT2D eigenvalue weighted by Gasteiger charge is -2.36. The third-order valence-corrected chi connectivity index (χ3v) is 4.01. The normalized spacial score (nSPS) is 25.5. The van der Waals surface area contributed by atoms with Crippen molar-refractivity contribution in [3.8, 4) is 0 Å². The number of anilines is 1. The maximum absolute atomic E-state index is 10.1. The average molecular weight is 231 g/mol. The molecule has 17 heavy (non-hydrogen) atoms. The summed E-state index contributed by atoms with van der Waals surface area (Å²) in [5.74, 6) is 1.26. The molecule has 0 saturated heterocycles. The molecule has 2 heteroatoms. The topological polar surface area (TPSA) is 23.5 Å². The molecule has 1 aromatic rings. The highest BCUT2D eigenvalue weighted by Crippen LogP contribution is 2.35. The number of benzene rings is 1. The summed E-state index contributed by atoms with van der Waals surface area (Å²) in [6.07, 6.45) is 3.47. The Morgan fingerprint density at radius 3 is 2.88 bits per heavy atom. The number of hydrogen-bond acceptors (Lipinski definition) is 2. The molecular formula is C15H21NO. The van der Waals surface area contributed by atoms with Crippen molar-refractivity contribution in [2.24, 2.45) is 11.8 Å². The molecule has 2 aliphatic rings. The zero-order valence-electron chi connectivity index (χ0n) is 10.5. The molecule has 1 N–H and O–H groups in total. The zero-order chi connectivity index (χ0) is 11.8. The maximum Gasteiger partial charge on any atom is 0.0743 e. The Kier molecular flexibility index (Phi) is 2.83. The van der Waals surface area contributed by atoms with Gasteiger partial charge in [0.15, 0.2) is 0 Å². The van der Waals surface area contributed by atoms with Crippen LogP contribution >= 0.6 is 0 Å². The highest BCUT2D eigenvalue weighted by Gasteiger charge is 2.32. The van der Waals surface area contributed by atoms with E-state index in [1.165, 1.54) is 30.5 Å². The number of hydrogen-bond donors (Lipinski definition) is 1. The average Bonchev–Trinajstić information content (AvgIpc) is 3.12. The quantitative estimate of drug-likeness (QED) is 0.863. The number of fused-ring (bicyclic) bond motifs is 1. The summed E-state index contributed by atoms with van der Waals surface area (Å²) in [4.78, 5) is 2.38. The molecule has 1 aliphatic carbocycles. The van der Waals surface area contributed by atoms with Crippen LogP contribution in [0.4, 0.5) is 5.69 Å². The fourth-order valence-electron chi connectivity index (χ4n) is 2.94. The van der Waals surface area contributed by atoms with Crippen LogP contribution in [0.3, 0.4) is 0 Å². The molecule has 92 valence electrons. The minimum absolute atomic E-state index is 0.131. The molecule has 1 aromatic carbocycles. The largest absolute Gasteiger partial charge is 0.391 e. The van der Waals surface area contributed by atoms with Gasteiger partial charge in [0, 0.05) is 18.8 Å². The summed E-state index contributed by atoms with van der Waals surface area (Å²) in [5, 5.41) is 10.1. The van der Waals surface area contributed by atoms with Gasteiger partial charge in [-0.15, -0.1) is 0 Å². The minimum Gasteiger partial charge on any atom is -0.391 e. The molecule has 0 amide bonds. The summed E-state index contributed by atoms with van der Waals surface area (Å²) >= 11 is 0. The van der Waals surface area contributed by atoms with Gasteiger partial charge in [-0.2, -0.15) is 0 Å². The minimum atomic E-state index is -0.131. The number of rotatable bonds is 3. The summed E-state index contributed by atoms with van der Waals surface area (Å²) in [6, 6.07) is 8.64. The van der Waals surface area contributed by atoms with Crippen molar-refractivity contribution in [2.45, 2.75) is 32.3 Å². The van der Waals surface area contributed by atoms with Gasteiger partial charge in [0.2, 0.25) is 0 Å². The van der Waals surface area contributed by atoms with Crippen LogP contribution in [-0.2, 0) is 6.42 Å². The van der Waals surface area contributed by atoms with Gasteiger partial charge < -0.3 is 10.0 Å². The molecule has 1 aliphatic heterocycles. The van der Waals surface area contributed by atoms with E-state index in [-0.39, 0.29) is 6.10 Å². The van der Waals surface area contributed by atoms with Gasteiger partial charge in [-0.1, -0.05) is 25.1 Å². The lowest BCUT2D eigenvalue weighted by molar-refractivity contribution is 0.155. The summed E-state index contributed by atoms with van der Waals surface area (Å²) in [6.45, 7) is 4.19. The van der Waals surface area contributed by atoms with Crippen LogP contribution in [0.25, 0.3) is 0 Å². The van der Waals surface area contributed by atoms with Gasteiger partial charge in [-0.3, -0.25) is 0 Å². The van der Waals surface area contributed by atoms with Crippen LogP contribution in [0.1, 0.15) is 25.3 Å². The lowest BCUT2D eigenvalue weighted by Crippen LogP contribution is -2.40. The van der Waals surface area contributed by atoms with Crippen molar-refractivity contribution in [2.75, 3.05) is 18.0 Å². The highest BCUT2D eigenvalue weighted by molar-refractivity contribution is 5.55.